The van der Waals surface area contributed by atoms with E-state index in [1.165, 1.54) is 12.0 Å². The molecule has 1 aromatic carbocycles. The van der Waals surface area contributed by atoms with Gasteiger partial charge in [-0.3, -0.25) is 14.5 Å². The summed E-state index contributed by atoms with van der Waals surface area (Å²) < 4.78 is 0. The van der Waals surface area contributed by atoms with Gasteiger partial charge in [0.1, 0.15) is 11.9 Å². The minimum Gasteiger partial charge on any atom is -0.480 e. The first-order chi connectivity index (χ1) is 17.6. The third-order valence-electron chi connectivity index (χ3n) is 7.66. The minimum absolute atomic E-state index is 0.115. The highest BCUT2D eigenvalue weighted by Gasteiger charge is 2.38. The highest BCUT2D eigenvalue weighted by Crippen LogP contribution is 2.31. The Kier molecular flexibility index (Phi) is 8.97. The maximum absolute atomic E-state index is 13.2. The summed E-state index contributed by atoms with van der Waals surface area (Å²) in [5.74, 6) is 0.820. The number of aryl methyl sites for hydroxylation is 1. The Morgan fingerprint density at radius 2 is 1.81 bits per heavy atom. The standard InChI is InChI=1S/C27H34N4O3.C2H6/c32-26(22-12-16-31(18-22)24(27(33)34)20-5-2-1-3-6-20)30-14-10-19(11-15-30)17-23-9-8-21-7-4-13-28-25(21)29-23;1-2/h1-3,5-6,8-9,19,22,24H,4,7,10-18H2,(H,28,29)(H,33,34);1-2H3/t22-,24?;/m1./s1. The van der Waals surface area contributed by atoms with E-state index in [9.17, 15) is 14.7 Å². The van der Waals surface area contributed by atoms with Gasteiger partial charge < -0.3 is 15.3 Å². The van der Waals surface area contributed by atoms with E-state index >= 15 is 0 Å². The summed E-state index contributed by atoms with van der Waals surface area (Å²) in [6.45, 7) is 7.71. The van der Waals surface area contributed by atoms with Gasteiger partial charge in [-0.2, -0.15) is 0 Å². The molecule has 7 heteroatoms. The monoisotopic (exact) mass is 492 g/mol. The Morgan fingerprint density at radius 3 is 2.53 bits per heavy atom. The van der Waals surface area contributed by atoms with Crippen LogP contribution in [0.1, 0.15) is 62.4 Å². The van der Waals surface area contributed by atoms with Crippen LogP contribution in [0.15, 0.2) is 42.5 Å². The zero-order valence-electron chi connectivity index (χ0n) is 21.7. The SMILES string of the molecule is CC.O=C(O)C(c1ccccc1)N1CC[C@@H](C(=O)N2CCC(Cc3ccc4c(n3)NCCC4)CC2)C1. The second-order valence-electron chi connectivity index (χ2n) is 9.95. The molecule has 1 unspecified atom stereocenters. The largest absolute Gasteiger partial charge is 0.480 e. The Bertz CT molecular complexity index is 1020. The fourth-order valence-electron chi connectivity index (χ4n) is 5.76. The number of rotatable bonds is 6. The molecule has 4 heterocycles. The molecule has 2 saturated heterocycles. The van der Waals surface area contributed by atoms with Crippen LogP contribution in [0, 0.1) is 11.8 Å². The van der Waals surface area contributed by atoms with E-state index in [-0.39, 0.29) is 11.8 Å². The number of carboxylic acids is 1. The molecule has 2 aromatic rings. The van der Waals surface area contributed by atoms with Crippen LogP contribution in [0.2, 0.25) is 0 Å². The molecular weight excluding hydrogens is 452 g/mol. The van der Waals surface area contributed by atoms with Gasteiger partial charge in [0.15, 0.2) is 0 Å². The number of amides is 1. The van der Waals surface area contributed by atoms with E-state index in [2.05, 4.69) is 17.4 Å². The number of aliphatic carboxylic acids is 1. The van der Waals surface area contributed by atoms with Crippen molar-refractivity contribution in [3.63, 3.8) is 0 Å². The van der Waals surface area contributed by atoms with Crippen molar-refractivity contribution in [1.29, 1.82) is 0 Å². The molecule has 1 amide bonds. The molecule has 0 aliphatic carbocycles. The van der Waals surface area contributed by atoms with E-state index in [4.69, 9.17) is 4.98 Å². The van der Waals surface area contributed by atoms with Crippen molar-refractivity contribution < 1.29 is 14.7 Å². The first-order valence-electron chi connectivity index (χ1n) is 13.6. The van der Waals surface area contributed by atoms with E-state index in [1.807, 2.05) is 54.0 Å². The van der Waals surface area contributed by atoms with Crippen molar-refractivity contribution in [2.45, 2.75) is 58.4 Å². The molecule has 5 rings (SSSR count). The van der Waals surface area contributed by atoms with Crippen molar-refractivity contribution in [3.8, 4) is 0 Å². The molecule has 0 saturated carbocycles. The number of carbonyl (C=O) groups excluding carboxylic acids is 1. The van der Waals surface area contributed by atoms with E-state index in [0.29, 0.717) is 19.0 Å². The molecule has 2 N–H and O–H groups in total. The van der Waals surface area contributed by atoms with Crippen LogP contribution in [-0.2, 0) is 22.4 Å². The number of aromatic nitrogens is 1. The van der Waals surface area contributed by atoms with Crippen molar-refractivity contribution in [2.75, 3.05) is 38.0 Å². The number of nitrogens with zero attached hydrogens (tertiary/aromatic N) is 3. The second kappa shape index (κ2) is 12.3. The van der Waals surface area contributed by atoms with Crippen LogP contribution < -0.4 is 5.32 Å². The zero-order valence-corrected chi connectivity index (χ0v) is 21.7. The van der Waals surface area contributed by atoms with Gasteiger partial charge in [-0.1, -0.05) is 50.2 Å². The predicted molar refractivity (Wildman–Crippen MR) is 142 cm³/mol. The van der Waals surface area contributed by atoms with Gasteiger partial charge >= 0.3 is 5.97 Å². The van der Waals surface area contributed by atoms with Gasteiger partial charge in [0.2, 0.25) is 5.91 Å². The number of carboxylic acid groups (broad SMARTS) is 1. The van der Waals surface area contributed by atoms with Crippen molar-refractivity contribution >= 4 is 17.7 Å². The van der Waals surface area contributed by atoms with Gasteiger partial charge in [0.25, 0.3) is 0 Å². The molecule has 3 aliphatic heterocycles. The lowest BCUT2D eigenvalue weighted by Crippen LogP contribution is -2.43. The topological polar surface area (TPSA) is 85.8 Å². The van der Waals surface area contributed by atoms with Crippen LogP contribution in [-0.4, -0.2) is 64.5 Å². The number of fused-ring (bicyclic) bond motifs is 1. The minimum atomic E-state index is -0.855. The summed E-state index contributed by atoms with van der Waals surface area (Å²) >= 11 is 0. The molecule has 3 aliphatic rings. The molecule has 0 radical (unpaired) electrons. The molecule has 7 nitrogen and oxygen atoms in total. The third kappa shape index (κ3) is 6.06. The molecule has 194 valence electrons. The number of hydrogen-bond acceptors (Lipinski definition) is 5. The average Bonchev–Trinajstić information content (AvgIpc) is 3.40. The highest BCUT2D eigenvalue weighted by molar-refractivity contribution is 5.80. The third-order valence-corrected chi connectivity index (χ3v) is 7.66. The van der Waals surface area contributed by atoms with Crippen LogP contribution in [0.25, 0.3) is 0 Å². The number of benzene rings is 1. The van der Waals surface area contributed by atoms with Crippen LogP contribution in [0.4, 0.5) is 5.82 Å². The number of nitrogens with one attached hydrogen (secondary N) is 1. The molecule has 0 spiro atoms. The van der Waals surface area contributed by atoms with Gasteiger partial charge in [-0.15, -0.1) is 0 Å². The first kappa shape index (κ1) is 26.1. The van der Waals surface area contributed by atoms with Gasteiger partial charge in [-0.25, -0.2) is 4.98 Å². The summed E-state index contributed by atoms with van der Waals surface area (Å²) in [4.78, 5) is 34.0. The summed E-state index contributed by atoms with van der Waals surface area (Å²) in [5, 5.41) is 13.2. The van der Waals surface area contributed by atoms with Crippen molar-refractivity contribution in [2.24, 2.45) is 11.8 Å². The molecule has 2 fully saturated rings. The Balaban J connectivity index is 0.00000148. The lowest BCUT2D eigenvalue weighted by molar-refractivity contribution is -0.144. The van der Waals surface area contributed by atoms with Crippen molar-refractivity contribution in [1.82, 2.24) is 14.8 Å². The number of likely N-dealkylation sites (tertiary alicyclic amines) is 2. The smallest absolute Gasteiger partial charge is 0.325 e. The molecule has 1 aromatic heterocycles. The first-order valence-corrected chi connectivity index (χ1v) is 13.6. The van der Waals surface area contributed by atoms with E-state index in [1.54, 1.807) is 0 Å². The number of carbonyl (C=O) groups is 2. The fourth-order valence-corrected chi connectivity index (χ4v) is 5.76. The van der Waals surface area contributed by atoms with E-state index < -0.39 is 12.0 Å². The lowest BCUT2D eigenvalue weighted by atomic mass is 9.91. The second-order valence-corrected chi connectivity index (χ2v) is 9.95. The summed E-state index contributed by atoms with van der Waals surface area (Å²) in [7, 11) is 0. The Hall–Kier alpha value is -2.93. The zero-order chi connectivity index (χ0) is 25.5. The van der Waals surface area contributed by atoms with Gasteiger partial charge in [0, 0.05) is 38.4 Å². The summed E-state index contributed by atoms with van der Waals surface area (Å²) in [6.07, 6.45) is 5.95. The van der Waals surface area contributed by atoms with Crippen LogP contribution in [0.3, 0.4) is 0 Å². The number of pyridine rings is 1. The van der Waals surface area contributed by atoms with Gasteiger partial charge in [0.05, 0.1) is 5.92 Å². The number of hydrogen-bond donors (Lipinski definition) is 2. The maximum atomic E-state index is 13.2. The van der Waals surface area contributed by atoms with Crippen LogP contribution >= 0.6 is 0 Å². The van der Waals surface area contributed by atoms with Crippen LogP contribution in [0.5, 0.6) is 0 Å². The predicted octanol–water partition coefficient (Wildman–Crippen LogP) is 4.39. The maximum Gasteiger partial charge on any atom is 0.325 e. The summed E-state index contributed by atoms with van der Waals surface area (Å²) in [6, 6.07) is 13.0. The average molecular weight is 493 g/mol. The van der Waals surface area contributed by atoms with Gasteiger partial charge in [-0.05, 0) is 61.6 Å². The quantitative estimate of drug-likeness (QED) is 0.622. The van der Waals surface area contributed by atoms with E-state index in [0.717, 1.165) is 68.8 Å². The summed E-state index contributed by atoms with van der Waals surface area (Å²) in [5.41, 5.74) is 3.23. The molecule has 36 heavy (non-hydrogen) atoms. The number of anilines is 1. The fraction of sp³-hybridized carbons (Fsp3) is 0.552. The Morgan fingerprint density at radius 1 is 1.06 bits per heavy atom. The normalized spacial score (nSPS) is 21.1. The molecular formula is C29H40N4O3. The molecule has 2 atom stereocenters. The Labute approximate surface area is 214 Å². The lowest BCUT2D eigenvalue weighted by Gasteiger charge is -2.34. The number of piperidine rings is 1. The van der Waals surface area contributed by atoms with Crippen molar-refractivity contribution in [3.05, 3.63) is 59.3 Å². The highest BCUT2D eigenvalue weighted by atomic mass is 16.4. The molecule has 0 bridgehead atoms.